The summed E-state index contributed by atoms with van der Waals surface area (Å²) in [6.45, 7) is 6.61. The third-order valence-corrected chi connectivity index (χ3v) is 5.73. The second-order valence-corrected chi connectivity index (χ2v) is 6.84. The highest BCUT2D eigenvalue weighted by atomic mass is 16.3. The average Bonchev–Trinajstić information content (AvgIpc) is 2.33. The molecule has 0 amide bonds. The van der Waals surface area contributed by atoms with Crippen LogP contribution in [-0.4, -0.2) is 34.6 Å². The number of hydrogen-bond acceptors (Lipinski definition) is 3. The van der Waals surface area contributed by atoms with Gasteiger partial charge in [-0.3, -0.25) is 0 Å². The van der Waals surface area contributed by atoms with Crippen molar-refractivity contribution in [1.29, 1.82) is 0 Å². The normalized spacial score (nSPS) is 43.2. The van der Waals surface area contributed by atoms with Gasteiger partial charge in [-0.2, -0.15) is 0 Å². The summed E-state index contributed by atoms with van der Waals surface area (Å²) in [6, 6.07) is 0. The van der Waals surface area contributed by atoms with Crippen molar-refractivity contribution in [2.75, 3.05) is 13.2 Å². The molecule has 2 aliphatic rings. The standard InChI is InChI=1S/C15H26O3/c1-14(2)12-5-4-10(8-16)11(9-17)15(12,3)7-6-13(14)18/h4,11-13,16-18H,5-9H2,1-3H3/t11-,12-,13-,15+/m0/s1. The summed E-state index contributed by atoms with van der Waals surface area (Å²) < 4.78 is 0. The summed E-state index contributed by atoms with van der Waals surface area (Å²) in [5, 5.41) is 29.4. The van der Waals surface area contributed by atoms with Gasteiger partial charge in [0.25, 0.3) is 0 Å². The van der Waals surface area contributed by atoms with E-state index in [9.17, 15) is 15.3 Å². The Bertz CT molecular complexity index is 348. The first-order valence-corrected chi connectivity index (χ1v) is 6.96. The molecule has 3 heteroatoms. The Morgan fingerprint density at radius 1 is 1.28 bits per heavy atom. The van der Waals surface area contributed by atoms with E-state index >= 15 is 0 Å². The predicted octanol–water partition coefficient (Wildman–Crippen LogP) is 1.72. The largest absolute Gasteiger partial charge is 0.396 e. The molecule has 0 aromatic heterocycles. The van der Waals surface area contributed by atoms with Crippen molar-refractivity contribution in [3.63, 3.8) is 0 Å². The van der Waals surface area contributed by atoms with Crippen LogP contribution in [0.15, 0.2) is 11.6 Å². The van der Waals surface area contributed by atoms with Crippen molar-refractivity contribution in [1.82, 2.24) is 0 Å². The predicted molar refractivity (Wildman–Crippen MR) is 71.0 cm³/mol. The van der Waals surface area contributed by atoms with Gasteiger partial charge in [0, 0.05) is 5.92 Å². The molecule has 1 saturated carbocycles. The van der Waals surface area contributed by atoms with Crippen LogP contribution < -0.4 is 0 Å². The van der Waals surface area contributed by atoms with Gasteiger partial charge in [0.05, 0.1) is 19.3 Å². The van der Waals surface area contributed by atoms with Gasteiger partial charge < -0.3 is 15.3 Å². The molecule has 104 valence electrons. The van der Waals surface area contributed by atoms with E-state index in [0.717, 1.165) is 24.8 Å². The van der Waals surface area contributed by atoms with Gasteiger partial charge in [-0.25, -0.2) is 0 Å². The van der Waals surface area contributed by atoms with Crippen molar-refractivity contribution in [3.05, 3.63) is 11.6 Å². The lowest BCUT2D eigenvalue weighted by Gasteiger charge is -2.58. The van der Waals surface area contributed by atoms with Gasteiger partial charge in [0.1, 0.15) is 0 Å². The van der Waals surface area contributed by atoms with Gasteiger partial charge in [0.15, 0.2) is 0 Å². The molecular weight excluding hydrogens is 228 g/mol. The summed E-state index contributed by atoms with van der Waals surface area (Å²) >= 11 is 0. The van der Waals surface area contributed by atoms with Crippen LogP contribution in [-0.2, 0) is 0 Å². The van der Waals surface area contributed by atoms with Crippen LogP contribution in [0, 0.1) is 22.7 Å². The van der Waals surface area contributed by atoms with Gasteiger partial charge in [-0.15, -0.1) is 0 Å². The molecule has 0 bridgehead atoms. The fraction of sp³-hybridized carbons (Fsp3) is 0.867. The van der Waals surface area contributed by atoms with Gasteiger partial charge >= 0.3 is 0 Å². The zero-order valence-corrected chi connectivity index (χ0v) is 11.7. The number of aliphatic hydroxyl groups is 3. The molecule has 0 spiro atoms. The Morgan fingerprint density at radius 3 is 2.50 bits per heavy atom. The van der Waals surface area contributed by atoms with Crippen molar-refractivity contribution in [2.45, 2.75) is 46.1 Å². The summed E-state index contributed by atoms with van der Waals surface area (Å²) in [5.74, 6) is 0.397. The van der Waals surface area contributed by atoms with E-state index in [2.05, 4.69) is 26.8 Å². The number of allylic oxidation sites excluding steroid dienone is 1. The minimum atomic E-state index is -0.265. The first-order chi connectivity index (χ1) is 8.37. The Balaban J connectivity index is 2.41. The third-order valence-electron chi connectivity index (χ3n) is 5.73. The van der Waals surface area contributed by atoms with Crippen molar-refractivity contribution in [3.8, 4) is 0 Å². The number of hydrogen-bond donors (Lipinski definition) is 3. The molecule has 0 radical (unpaired) electrons. The van der Waals surface area contributed by atoms with E-state index in [1.54, 1.807) is 0 Å². The van der Waals surface area contributed by atoms with Crippen LogP contribution in [0.3, 0.4) is 0 Å². The lowest BCUT2D eigenvalue weighted by atomic mass is 9.48. The van der Waals surface area contributed by atoms with Crippen LogP contribution in [0.2, 0.25) is 0 Å². The summed E-state index contributed by atoms with van der Waals surface area (Å²) in [6.07, 6.45) is 4.42. The highest BCUT2D eigenvalue weighted by molar-refractivity contribution is 5.21. The maximum Gasteiger partial charge on any atom is 0.0645 e. The van der Waals surface area contributed by atoms with E-state index in [1.807, 2.05) is 0 Å². The first-order valence-electron chi connectivity index (χ1n) is 6.96. The molecule has 1 fully saturated rings. The highest BCUT2D eigenvalue weighted by Gasteiger charge is 2.55. The molecule has 3 nitrogen and oxygen atoms in total. The van der Waals surface area contributed by atoms with Crippen LogP contribution in [0.1, 0.15) is 40.0 Å². The molecule has 0 aromatic carbocycles. The van der Waals surface area contributed by atoms with Crippen LogP contribution in [0.4, 0.5) is 0 Å². The molecule has 0 saturated heterocycles. The summed E-state index contributed by atoms with van der Waals surface area (Å²) in [5.41, 5.74) is 0.839. The van der Waals surface area contributed by atoms with Crippen molar-refractivity contribution < 1.29 is 15.3 Å². The van der Waals surface area contributed by atoms with E-state index in [1.165, 1.54) is 0 Å². The Labute approximate surface area is 110 Å². The van der Waals surface area contributed by atoms with Crippen molar-refractivity contribution >= 4 is 0 Å². The molecule has 2 aliphatic carbocycles. The molecule has 0 unspecified atom stereocenters. The lowest BCUT2D eigenvalue weighted by Crippen LogP contribution is -2.55. The molecule has 0 aliphatic heterocycles. The Kier molecular flexibility index (Phi) is 3.60. The maximum atomic E-state index is 10.2. The second kappa shape index (κ2) is 4.62. The quantitative estimate of drug-likeness (QED) is 0.658. The monoisotopic (exact) mass is 254 g/mol. The van der Waals surface area contributed by atoms with Gasteiger partial charge in [-0.05, 0) is 41.6 Å². The molecule has 4 atom stereocenters. The second-order valence-electron chi connectivity index (χ2n) is 6.84. The van der Waals surface area contributed by atoms with Gasteiger partial charge in [-0.1, -0.05) is 26.8 Å². The fourth-order valence-corrected chi connectivity index (χ4v) is 4.40. The van der Waals surface area contributed by atoms with E-state index in [-0.39, 0.29) is 36.1 Å². The highest BCUT2D eigenvalue weighted by Crippen LogP contribution is 2.59. The Morgan fingerprint density at radius 2 is 1.94 bits per heavy atom. The molecule has 0 aromatic rings. The zero-order valence-electron chi connectivity index (χ0n) is 11.7. The summed E-state index contributed by atoms with van der Waals surface area (Å²) in [7, 11) is 0. The van der Waals surface area contributed by atoms with E-state index in [0.29, 0.717) is 5.92 Å². The van der Waals surface area contributed by atoms with Crippen molar-refractivity contribution in [2.24, 2.45) is 22.7 Å². The minimum absolute atomic E-state index is 0.00963. The van der Waals surface area contributed by atoms with Crippen LogP contribution in [0.25, 0.3) is 0 Å². The lowest BCUT2D eigenvalue weighted by molar-refractivity contribution is -0.122. The Hall–Kier alpha value is -0.380. The maximum absolute atomic E-state index is 10.2. The number of fused-ring (bicyclic) bond motifs is 1. The summed E-state index contributed by atoms with van der Waals surface area (Å²) in [4.78, 5) is 0. The first kappa shape index (κ1) is 14.0. The average molecular weight is 254 g/mol. The van der Waals surface area contributed by atoms with Gasteiger partial charge in [0.2, 0.25) is 0 Å². The fourth-order valence-electron chi connectivity index (χ4n) is 4.40. The molecule has 18 heavy (non-hydrogen) atoms. The molecule has 3 N–H and O–H groups in total. The molecule has 0 heterocycles. The van der Waals surface area contributed by atoms with Crippen LogP contribution in [0.5, 0.6) is 0 Å². The number of aliphatic hydroxyl groups excluding tert-OH is 3. The van der Waals surface area contributed by atoms with Crippen LogP contribution >= 0.6 is 0 Å². The SMILES string of the molecule is CC1(C)[C@@H](O)CC[C@]2(C)[C@@H](CO)C(CO)=CC[C@@H]12. The van der Waals surface area contributed by atoms with E-state index < -0.39 is 0 Å². The minimum Gasteiger partial charge on any atom is -0.396 e. The topological polar surface area (TPSA) is 60.7 Å². The molecular formula is C15H26O3. The molecule has 2 rings (SSSR count). The third kappa shape index (κ3) is 1.84. The number of rotatable bonds is 2. The zero-order chi connectivity index (χ0) is 13.6. The smallest absolute Gasteiger partial charge is 0.0645 e. The van der Waals surface area contributed by atoms with E-state index in [4.69, 9.17) is 0 Å².